The minimum absolute atomic E-state index is 0.274. The maximum atomic E-state index is 13.1. The largest absolute Gasteiger partial charge is 0.573 e. The van der Waals surface area contributed by atoms with Crippen LogP contribution in [-0.2, 0) is 0 Å². The fourth-order valence-electron chi connectivity index (χ4n) is 1.68. The van der Waals surface area contributed by atoms with Crippen molar-refractivity contribution in [3.05, 3.63) is 53.8 Å². The minimum atomic E-state index is -4.87. The highest BCUT2D eigenvalue weighted by atomic mass is 19.4. The Balaban J connectivity index is 2.42. The first-order valence-corrected chi connectivity index (χ1v) is 5.45. The summed E-state index contributed by atoms with van der Waals surface area (Å²) in [5, 5.41) is 8.87. The van der Waals surface area contributed by atoms with Gasteiger partial charge in [-0.05, 0) is 35.4 Å². The van der Waals surface area contributed by atoms with Crippen molar-refractivity contribution in [2.24, 2.45) is 0 Å². The van der Waals surface area contributed by atoms with Crippen molar-refractivity contribution in [3.63, 3.8) is 0 Å². The number of benzene rings is 2. The Morgan fingerprint density at radius 1 is 1.00 bits per heavy atom. The van der Waals surface area contributed by atoms with Crippen LogP contribution in [0.15, 0.2) is 42.5 Å². The third kappa shape index (κ3) is 3.26. The van der Waals surface area contributed by atoms with Crippen molar-refractivity contribution in [2.45, 2.75) is 6.36 Å². The molecule has 0 aromatic heterocycles. The van der Waals surface area contributed by atoms with Crippen LogP contribution in [0.25, 0.3) is 11.1 Å². The molecule has 0 atom stereocenters. The van der Waals surface area contributed by atoms with Crippen molar-refractivity contribution < 1.29 is 22.3 Å². The Labute approximate surface area is 111 Å². The van der Waals surface area contributed by atoms with E-state index in [4.69, 9.17) is 5.26 Å². The highest BCUT2D eigenvalue weighted by Crippen LogP contribution is 2.30. The molecule has 0 aliphatic rings. The van der Waals surface area contributed by atoms with Gasteiger partial charge >= 0.3 is 6.36 Å². The summed E-state index contributed by atoms with van der Waals surface area (Å²) < 4.78 is 53.3. The average molecular weight is 281 g/mol. The van der Waals surface area contributed by atoms with Crippen LogP contribution in [0.3, 0.4) is 0 Å². The molecule has 2 rings (SSSR count). The first-order valence-electron chi connectivity index (χ1n) is 5.45. The fourth-order valence-corrected chi connectivity index (χ4v) is 1.68. The molecular weight excluding hydrogens is 274 g/mol. The standard InChI is InChI=1S/C14H7F4NO/c15-12-3-1-2-9(7-12)10-4-5-13(11(6-10)8-19)20-14(16,17)18/h1-7H. The summed E-state index contributed by atoms with van der Waals surface area (Å²) in [6.07, 6.45) is -4.87. The lowest BCUT2D eigenvalue weighted by Gasteiger charge is -2.11. The van der Waals surface area contributed by atoms with Crippen molar-refractivity contribution in [1.29, 1.82) is 5.26 Å². The Morgan fingerprint density at radius 3 is 2.30 bits per heavy atom. The summed E-state index contributed by atoms with van der Waals surface area (Å²) in [7, 11) is 0. The lowest BCUT2D eigenvalue weighted by molar-refractivity contribution is -0.274. The van der Waals surface area contributed by atoms with Crippen molar-refractivity contribution in [1.82, 2.24) is 0 Å². The van der Waals surface area contributed by atoms with Crippen molar-refractivity contribution >= 4 is 0 Å². The van der Waals surface area contributed by atoms with Gasteiger partial charge < -0.3 is 4.74 Å². The van der Waals surface area contributed by atoms with Gasteiger partial charge in [-0.3, -0.25) is 0 Å². The van der Waals surface area contributed by atoms with Crippen LogP contribution in [0.1, 0.15) is 5.56 Å². The van der Waals surface area contributed by atoms with Gasteiger partial charge in [0, 0.05) is 0 Å². The fraction of sp³-hybridized carbons (Fsp3) is 0.0714. The number of rotatable bonds is 2. The number of nitriles is 1. The molecule has 2 nitrogen and oxygen atoms in total. The van der Waals surface area contributed by atoms with Gasteiger partial charge in [0.05, 0.1) is 5.56 Å². The Kier molecular flexibility index (Phi) is 3.61. The molecule has 0 amide bonds. The van der Waals surface area contributed by atoms with Gasteiger partial charge in [0.2, 0.25) is 0 Å². The van der Waals surface area contributed by atoms with E-state index in [0.29, 0.717) is 11.1 Å². The monoisotopic (exact) mass is 281 g/mol. The van der Waals surface area contributed by atoms with Gasteiger partial charge in [0.25, 0.3) is 0 Å². The molecule has 0 unspecified atom stereocenters. The maximum absolute atomic E-state index is 13.1. The molecule has 0 aliphatic heterocycles. The molecule has 0 saturated heterocycles. The van der Waals surface area contributed by atoms with E-state index < -0.39 is 17.9 Å². The van der Waals surface area contributed by atoms with E-state index in [0.717, 1.165) is 6.07 Å². The van der Waals surface area contributed by atoms with Gasteiger partial charge in [-0.2, -0.15) is 5.26 Å². The second kappa shape index (κ2) is 5.21. The van der Waals surface area contributed by atoms with Gasteiger partial charge in [-0.1, -0.05) is 18.2 Å². The summed E-state index contributed by atoms with van der Waals surface area (Å²) in [6, 6.07) is 10.7. The molecule has 2 aromatic rings. The molecule has 0 heterocycles. The Hall–Kier alpha value is -2.55. The number of ether oxygens (including phenoxy) is 1. The SMILES string of the molecule is N#Cc1cc(-c2cccc(F)c2)ccc1OC(F)(F)F. The molecule has 0 N–H and O–H groups in total. The zero-order chi connectivity index (χ0) is 14.8. The molecule has 0 radical (unpaired) electrons. The van der Waals surface area contributed by atoms with E-state index >= 15 is 0 Å². The molecule has 20 heavy (non-hydrogen) atoms. The van der Waals surface area contributed by atoms with E-state index in [9.17, 15) is 17.6 Å². The second-order valence-electron chi connectivity index (χ2n) is 3.88. The Morgan fingerprint density at radius 2 is 1.70 bits per heavy atom. The maximum Gasteiger partial charge on any atom is 0.573 e. The highest BCUT2D eigenvalue weighted by Gasteiger charge is 2.32. The van der Waals surface area contributed by atoms with Gasteiger partial charge in [-0.15, -0.1) is 13.2 Å². The molecular formula is C14H7F4NO. The van der Waals surface area contributed by atoms with Gasteiger partial charge in [0.1, 0.15) is 17.6 Å². The van der Waals surface area contributed by atoms with Crippen LogP contribution in [0.2, 0.25) is 0 Å². The van der Waals surface area contributed by atoms with Gasteiger partial charge in [0.15, 0.2) is 0 Å². The number of hydrogen-bond donors (Lipinski definition) is 0. The predicted octanol–water partition coefficient (Wildman–Crippen LogP) is 4.26. The molecule has 0 spiro atoms. The summed E-state index contributed by atoms with van der Waals surface area (Å²) >= 11 is 0. The highest BCUT2D eigenvalue weighted by molar-refractivity contribution is 5.67. The van der Waals surface area contributed by atoms with E-state index in [-0.39, 0.29) is 5.56 Å². The van der Waals surface area contributed by atoms with E-state index in [1.54, 1.807) is 12.1 Å². The zero-order valence-electron chi connectivity index (χ0n) is 9.91. The van der Waals surface area contributed by atoms with Crippen LogP contribution in [-0.4, -0.2) is 6.36 Å². The first-order chi connectivity index (χ1) is 9.39. The van der Waals surface area contributed by atoms with Crippen LogP contribution in [0.5, 0.6) is 5.75 Å². The predicted molar refractivity (Wildman–Crippen MR) is 63.2 cm³/mol. The number of alkyl halides is 3. The molecule has 0 aliphatic carbocycles. The first kappa shape index (κ1) is 13.9. The molecule has 2 aromatic carbocycles. The Bertz CT molecular complexity index is 674. The van der Waals surface area contributed by atoms with Crippen molar-refractivity contribution in [2.75, 3.05) is 0 Å². The van der Waals surface area contributed by atoms with E-state index in [1.165, 1.54) is 30.3 Å². The average Bonchev–Trinajstić information content (AvgIpc) is 2.37. The third-order valence-corrected chi connectivity index (χ3v) is 2.48. The molecule has 0 fully saturated rings. The lowest BCUT2D eigenvalue weighted by Crippen LogP contribution is -2.17. The minimum Gasteiger partial charge on any atom is -0.404 e. The zero-order valence-corrected chi connectivity index (χ0v) is 9.91. The lowest BCUT2D eigenvalue weighted by atomic mass is 10.0. The smallest absolute Gasteiger partial charge is 0.404 e. The second-order valence-corrected chi connectivity index (χ2v) is 3.88. The van der Waals surface area contributed by atoms with E-state index in [1.807, 2.05) is 0 Å². The normalized spacial score (nSPS) is 10.9. The summed E-state index contributed by atoms with van der Waals surface area (Å²) in [5.74, 6) is -1.06. The summed E-state index contributed by atoms with van der Waals surface area (Å²) in [5.41, 5.74) is 0.611. The van der Waals surface area contributed by atoms with Crippen LogP contribution in [0.4, 0.5) is 17.6 Å². The summed E-state index contributed by atoms with van der Waals surface area (Å²) in [4.78, 5) is 0. The summed E-state index contributed by atoms with van der Waals surface area (Å²) in [6.45, 7) is 0. The molecule has 0 saturated carbocycles. The van der Waals surface area contributed by atoms with Crippen LogP contribution < -0.4 is 4.74 Å². The molecule has 0 bridgehead atoms. The van der Waals surface area contributed by atoms with Crippen LogP contribution in [0, 0.1) is 17.1 Å². The number of hydrogen-bond acceptors (Lipinski definition) is 2. The molecule has 102 valence electrons. The van der Waals surface area contributed by atoms with Crippen molar-refractivity contribution in [3.8, 4) is 22.9 Å². The van der Waals surface area contributed by atoms with E-state index in [2.05, 4.69) is 4.74 Å². The number of halogens is 4. The topological polar surface area (TPSA) is 33.0 Å². The third-order valence-electron chi connectivity index (χ3n) is 2.48. The van der Waals surface area contributed by atoms with Crippen LogP contribution >= 0.6 is 0 Å². The molecule has 6 heteroatoms. The quantitative estimate of drug-likeness (QED) is 0.770. The number of nitrogens with zero attached hydrogens (tertiary/aromatic N) is 1. The van der Waals surface area contributed by atoms with Gasteiger partial charge in [-0.25, -0.2) is 4.39 Å².